The predicted molar refractivity (Wildman–Crippen MR) is 87.7 cm³/mol. The van der Waals surface area contributed by atoms with Crippen molar-refractivity contribution in [1.82, 2.24) is 15.1 Å². The molecule has 0 radical (unpaired) electrons. The monoisotopic (exact) mass is 305 g/mol. The molecule has 1 heterocycles. The van der Waals surface area contributed by atoms with Crippen LogP contribution in [0.2, 0.25) is 0 Å². The number of urea groups is 1. The zero-order valence-electron chi connectivity index (χ0n) is 13.4. The van der Waals surface area contributed by atoms with Crippen molar-refractivity contribution in [2.75, 3.05) is 39.3 Å². The topological polar surface area (TPSA) is 55.8 Å². The van der Waals surface area contributed by atoms with Gasteiger partial charge in [-0.05, 0) is 44.0 Å². The number of aliphatic hydroxyl groups excluding tert-OH is 1. The van der Waals surface area contributed by atoms with Crippen molar-refractivity contribution in [3.8, 4) is 0 Å². The van der Waals surface area contributed by atoms with Crippen LogP contribution < -0.4 is 5.32 Å². The van der Waals surface area contributed by atoms with Crippen molar-refractivity contribution < 1.29 is 9.90 Å². The number of carbonyl (C=O) groups excluding carboxylic acids is 1. The van der Waals surface area contributed by atoms with Gasteiger partial charge in [-0.15, -0.1) is 0 Å². The Kier molecular flexibility index (Phi) is 6.68. The molecule has 1 aromatic rings. The molecule has 1 saturated heterocycles. The van der Waals surface area contributed by atoms with Crippen LogP contribution in [0.1, 0.15) is 24.0 Å². The Balaban J connectivity index is 1.83. The van der Waals surface area contributed by atoms with E-state index in [-0.39, 0.29) is 12.6 Å². The molecule has 0 spiro atoms. The van der Waals surface area contributed by atoms with Crippen molar-refractivity contribution >= 4 is 6.03 Å². The summed E-state index contributed by atoms with van der Waals surface area (Å²) in [7, 11) is 0. The molecule has 1 aromatic carbocycles. The Bertz CT molecular complexity index is 473. The van der Waals surface area contributed by atoms with E-state index in [2.05, 4.69) is 10.2 Å². The lowest BCUT2D eigenvalue weighted by Gasteiger charge is -2.24. The van der Waals surface area contributed by atoms with Gasteiger partial charge in [-0.1, -0.05) is 24.3 Å². The van der Waals surface area contributed by atoms with Crippen LogP contribution in [-0.2, 0) is 6.54 Å². The maximum atomic E-state index is 12.3. The lowest BCUT2D eigenvalue weighted by Crippen LogP contribution is -2.43. The van der Waals surface area contributed by atoms with Gasteiger partial charge in [0, 0.05) is 26.2 Å². The molecule has 22 heavy (non-hydrogen) atoms. The molecule has 5 heteroatoms. The van der Waals surface area contributed by atoms with Crippen LogP contribution >= 0.6 is 0 Å². The van der Waals surface area contributed by atoms with E-state index in [0.29, 0.717) is 19.6 Å². The van der Waals surface area contributed by atoms with E-state index in [4.69, 9.17) is 0 Å². The highest BCUT2D eigenvalue weighted by Gasteiger charge is 2.15. The first-order valence-corrected chi connectivity index (χ1v) is 8.11. The number of aryl methyl sites for hydroxylation is 1. The van der Waals surface area contributed by atoms with Crippen LogP contribution in [-0.4, -0.2) is 60.3 Å². The smallest absolute Gasteiger partial charge is 0.317 e. The first-order chi connectivity index (χ1) is 10.7. The first-order valence-electron chi connectivity index (χ1n) is 8.11. The summed E-state index contributed by atoms with van der Waals surface area (Å²) in [6.45, 7) is 6.74. The molecule has 1 fully saturated rings. The average molecular weight is 305 g/mol. The van der Waals surface area contributed by atoms with Gasteiger partial charge in [0.15, 0.2) is 0 Å². The minimum Gasteiger partial charge on any atom is -0.395 e. The molecule has 5 nitrogen and oxygen atoms in total. The van der Waals surface area contributed by atoms with Gasteiger partial charge in [0.1, 0.15) is 0 Å². The zero-order chi connectivity index (χ0) is 15.8. The molecule has 2 amide bonds. The highest BCUT2D eigenvalue weighted by atomic mass is 16.3. The number of hydrogen-bond acceptors (Lipinski definition) is 3. The SMILES string of the molecule is Cc1ccccc1CN(CCO)C(=O)NCCN1CCCC1. The van der Waals surface area contributed by atoms with E-state index >= 15 is 0 Å². The zero-order valence-corrected chi connectivity index (χ0v) is 13.4. The third-order valence-electron chi connectivity index (χ3n) is 4.18. The fourth-order valence-electron chi connectivity index (χ4n) is 2.81. The van der Waals surface area contributed by atoms with E-state index in [1.807, 2.05) is 31.2 Å². The predicted octanol–water partition coefficient (Wildman–Crippen LogP) is 1.59. The summed E-state index contributed by atoms with van der Waals surface area (Å²) in [4.78, 5) is 16.4. The van der Waals surface area contributed by atoms with Crippen LogP contribution in [0.3, 0.4) is 0 Å². The van der Waals surface area contributed by atoms with Gasteiger partial charge in [-0.2, -0.15) is 0 Å². The first kappa shape index (κ1) is 16.8. The van der Waals surface area contributed by atoms with Gasteiger partial charge in [0.25, 0.3) is 0 Å². The van der Waals surface area contributed by atoms with E-state index < -0.39 is 0 Å². The third kappa shape index (κ3) is 5.00. The molecule has 2 N–H and O–H groups in total. The molecule has 0 saturated carbocycles. The summed E-state index contributed by atoms with van der Waals surface area (Å²) in [5.41, 5.74) is 2.28. The van der Waals surface area contributed by atoms with E-state index in [9.17, 15) is 9.90 Å². The maximum Gasteiger partial charge on any atom is 0.317 e. The second-order valence-corrected chi connectivity index (χ2v) is 5.85. The normalized spacial score (nSPS) is 15.0. The molecule has 0 atom stereocenters. The molecule has 122 valence electrons. The number of aliphatic hydroxyl groups is 1. The molecule has 0 aliphatic carbocycles. The Labute approximate surface area is 132 Å². The van der Waals surface area contributed by atoms with Gasteiger partial charge < -0.3 is 20.2 Å². The molecular formula is C17H27N3O2. The highest BCUT2D eigenvalue weighted by Crippen LogP contribution is 2.10. The minimum atomic E-state index is -0.100. The molecule has 0 bridgehead atoms. The summed E-state index contributed by atoms with van der Waals surface area (Å²) in [5.74, 6) is 0. The number of nitrogens with one attached hydrogen (secondary N) is 1. The number of amides is 2. The Morgan fingerprint density at radius 3 is 2.73 bits per heavy atom. The summed E-state index contributed by atoms with van der Waals surface area (Å²) >= 11 is 0. The number of rotatable bonds is 7. The second-order valence-electron chi connectivity index (χ2n) is 5.85. The fourth-order valence-corrected chi connectivity index (χ4v) is 2.81. The Morgan fingerprint density at radius 2 is 2.05 bits per heavy atom. The molecule has 0 aromatic heterocycles. The van der Waals surface area contributed by atoms with E-state index in [0.717, 1.165) is 30.8 Å². The quantitative estimate of drug-likeness (QED) is 0.804. The second kappa shape index (κ2) is 8.76. The number of carbonyl (C=O) groups is 1. The number of likely N-dealkylation sites (tertiary alicyclic amines) is 1. The average Bonchev–Trinajstić information content (AvgIpc) is 3.02. The van der Waals surface area contributed by atoms with Gasteiger partial charge in [-0.3, -0.25) is 0 Å². The minimum absolute atomic E-state index is 0.0224. The van der Waals surface area contributed by atoms with Crippen molar-refractivity contribution in [1.29, 1.82) is 0 Å². The standard InChI is InChI=1S/C17H27N3O2/c1-15-6-2-3-7-16(15)14-20(12-13-21)17(22)18-8-11-19-9-4-5-10-19/h2-3,6-7,21H,4-5,8-14H2,1H3,(H,18,22). The molecule has 2 rings (SSSR count). The Morgan fingerprint density at radius 1 is 1.32 bits per heavy atom. The molecule has 0 unspecified atom stereocenters. The lowest BCUT2D eigenvalue weighted by atomic mass is 10.1. The summed E-state index contributed by atoms with van der Waals surface area (Å²) < 4.78 is 0. The van der Waals surface area contributed by atoms with E-state index in [1.54, 1.807) is 4.90 Å². The maximum absolute atomic E-state index is 12.3. The number of hydrogen-bond donors (Lipinski definition) is 2. The molecule has 1 aliphatic rings. The van der Waals surface area contributed by atoms with Crippen molar-refractivity contribution in [3.63, 3.8) is 0 Å². The largest absolute Gasteiger partial charge is 0.395 e. The Hall–Kier alpha value is -1.59. The van der Waals surface area contributed by atoms with Crippen LogP contribution in [0.25, 0.3) is 0 Å². The van der Waals surface area contributed by atoms with Crippen molar-refractivity contribution in [2.24, 2.45) is 0 Å². The van der Waals surface area contributed by atoms with Crippen LogP contribution in [0.5, 0.6) is 0 Å². The van der Waals surface area contributed by atoms with Crippen LogP contribution in [0.15, 0.2) is 24.3 Å². The number of benzene rings is 1. The fraction of sp³-hybridized carbons (Fsp3) is 0.588. The van der Waals surface area contributed by atoms with Gasteiger partial charge in [0.05, 0.1) is 6.61 Å². The van der Waals surface area contributed by atoms with Crippen molar-refractivity contribution in [2.45, 2.75) is 26.3 Å². The molecule has 1 aliphatic heterocycles. The summed E-state index contributed by atoms with van der Waals surface area (Å²) in [6.07, 6.45) is 2.52. The van der Waals surface area contributed by atoms with Crippen molar-refractivity contribution in [3.05, 3.63) is 35.4 Å². The van der Waals surface area contributed by atoms with Gasteiger partial charge in [0.2, 0.25) is 0 Å². The summed E-state index contributed by atoms with van der Waals surface area (Å²) in [5, 5.41) is 12.2. The van der Waals surface area contributed by atoms with Crippen LogP contribution in [0, 0.1) is 6.92 Å². The lowest BCUT2D eigenvalue weighted by molar-refractivity contribution is 0.172. The third-order valence-corrected chi connectivity index (χ3v) is 4.18. The number of nitrogens with zero attached hydrogens (tertiary/aromatic N) is 2. The van der Waals surface area contributed by atoms with E-state index in [1.165, 1.54) is 12.8 Å². The highest BCUT2D eigenvalue weighted by molar-refractivity contribution is 5.74. The van der Waals surface area contributed by atoms with Crippen LogP contribution in [0.4, 0.5) is 4.79 Å². The summed E-state index contributed by atoms with van der Waals surface area (Å²) in [6, 6.07) is 7.93. The van der Waals surface area contributed by atoms with Gasteiger partial charge in [-0.25, -0.2) is 4.79 Å². The van der Waals surface area contributed by atoms with Gasteiger partial charge >= 0.3 is 6.03 Å². The molecular weight excluding hydrogens is 278 g/mol.